The molecule has 0 spiro atoms. The van der Waals surface area contributed by atoms with Crippen LogP contribution in [0.5, 0.6) is 0 Å². The Labute approximate surface area is 203 Å². The van der Waals surface area contributed by atoms with E-state index in [4.69, 9.17) is 4.42 Å². The number of ketones is 1. The van der Waals surface area contributed by atoms with Gasteiger partial charge in [0.25, 0.3) is 5.91 Å². The quantitative estimate of drug-likeness (QED) is 0.411. The zero-order valence-corrected chi connectivity index (χ0v) is 20.5. The van der Waals surface area contributed by atoms with E-state index < -0.39 is 23.5 Å². The lowest BCUT2D eigenvalue weighted by Gasteiger charge is -2.26. The number of hydrogen-bond donors (Lipinski definition) is 1. The third kappa shape index (κ3) is 4.56. The van der Waals surface area contributed by atoms with Crippen molar-refractivity contribution in [2.75, 3.05) is 26.2 Å². The largest absolute Gasteiger partial charge is 0.503 e. The summed E-state index contributed by atoms with van der Waals surface area (Å²) in [6.45, 7) is 9.04. The van der Waals surface area contributed by atoms with Gasteiger partial charge < -0.3 is 19.3 Å². The SMILES string of the molecule is CCN(CC)CCCN1C(=O)C(O)=C(C(=O)c2sc(-c3ccccc3)nc2C)C1c1ccco1. The molecule has 1 aromatic carbocycles. The van der Waals surface area contributed by atoms with E-state index in [9.17, 15) is 14.7 Å². The number of rotatable bonds is 10. The first-order valence-corrected chi connectivity index (χ1v) is 12.3. The fourth-order valence-electron chi connectivity index (χ4n) is 4.30. The summed E-state index contributed by atoms with van der Waals surface area (Å²) in [5, 5.41) is 11.6. The van der Waals surface area contributed by atoms with Crippen molar-refractivity contribution in [2.24, 2.45) is 0 Å². The number of carbonyl (C=O) groups excluding carboxylic acids is 2. The number of furan rings is 1. The molecule has 1 amide bonds. The maximum atomic E-state index is 13.7. The van der Waals surface area contributed by atoms with Crippen LogP contribution < -0.4 is 0 Å². The summed E-state index contributed by atoms with van der Waals surface area (Å²) in [6.07, 6.45) is 2.23. The molecule has 3 heterocycles. The molecular weight excluding hydrogens is 450 g/mol. The van der Waals surface area contributed by atoms with Crippen molar-refractivity contribution >= 4 is 23.0 Å². The van der Waals surface area contributed by atoms with Gasteiger partial charge in [0.1, 0.15) is 16.8 Å². The van der Waals surface area contributed by atoms with Gasteiger partial charge in [0.2, 0.25) is 5.78 Å². The second kappa shape index (κ2) is 10.4. The molecule has 0 fully saturated rings. The smallest absolute Gasteiger partial charge is 0.290 e. The van der Waals surface area contributed by atoms with Gasteiger partial charge in [-0.1, -0.05) is 44.2 Å². The summed E-state index contributed by atoms with van der Waals surface area (Å²) in [7, 11) is 0. The predicted octanol–water partition coefficient (Wildman–Crippen LogP) is 5.02. The van der Waals surface area contributed by atoms with Crippen LogP contribution in [0.3, 0.4) is 0 Å². The van der Waals surface area contributed by atoms with E-state index in [0.29, 0.717) is 22.9 Å². The molecule has 1 aliphatic heterocycles. The zero-order valence-electron chi connectivity index (χ0n) is 19.7. The molecule has 2 aromatic heterocycles. The lowest BCUT2D eigenvalue weighted by atomic mass is 9.99. The van der Waals surface area contributed by atoms with E-state index in [1.54, 1.807) is 24.0 Å². The Balaban J connectivity index is 1.65. The van der Waals surface area contributed by atoms with Gasteiger partial charge in [-0.05, 0) is 45.1 Å². The second-order valence-corrected chi connectivity index (χ2v) is 9.19. The molecule has 0 saturated heterocycles. The maximum absolute atomic E-state index is 13.7. The first-order chi connectivity index (χ1) is 16.5. The van der Waals surface area contributed by atoms with Crippen LogP contribution in [-0.4, -0.2) is 57.8 Å². The topological polar surface area (TPSA) is 86.9 Å². The monoisotopic (exact) mass is 479 g/mol. The summed E-state index contributed by atoms with van der Waals surface area (Å²) in [5.41, 5.74) is 1.53. The minimum absolute atomic E-state index is 0.0501. The van der Waals surface area contributed by atoms with E-state index in [-0.39, 0.29) is 5.57 Å². The number of aromatic nitrogens is 1. The Hall–Kier alpha value is -3.23. The number of amides is 1. The third-order valence-corrected chi connectivity index (χ3v) is 7.36. The molecule has 0 bridgehead atoms. The Morgan fingerprint density at radius 1 is 1.18 bits per heavy atom. The number of aryl methyl sites for hydroxylation is 1. The summed E-state index contributed by atoms with van der Waals surface area (Å²) in [6, 6.07) is 12.3. The van der Waals surface area contributed by atoms with Gasteiger partial charge in [-0.15, -0.1) is 11.3 Å². The van der Waals surface area contributed by atoms with Gasteiger partial charge >= 0.3 is 0 Å². The molecule has 178 valence electrons. The van der Waals surface area contributed by atoms with Crippen LogP contribution in [-0.2, 0) is 4.79 Å². The van der Waals surface area contributed by atoms with Crippen molar-refractivity contribution in [2.45, 2.75) is 33.2 Å². The van der Waals surface area contributed by atoms with Crippen LogP contribution in [0, 0.1) is 6.92 Å². The van der Waals surface area contributed by atoms with Crippen molar-refractivity contribution in [1.82, 2.24) is 14.8 Å². The van der Waals surface area contributed by atoms with E-state index in [0.717, 1.165) is 36.6 Å². The molecule has 1 aliphatic rings. The van der Waals surface area contributed by atoms with Crippen molar-refractivity contribution in [1.29, 1.82) is 0 Å². The Bertz CT molecular complexity index is 1180. The highest BCUT2D eigenvalue weighted by molar-refractivity contribution is 7.17. The zero-order chi connectivity index (χ0) is 24.2. The summed E-state index contributed by atoms with van der Waals surface area (Å²) in [4.78, 5) is 35.6. The highest BCUT2D eigenvalue weighted by atomic mass is 32.1. The summed E-state index contributed by atoms with van der Waals surface area (Å²) < 4.78 is 5.62. The summed E-state index contributed by atoms with van der Waals surface area (Å²) in [5.74, 6) is -0.997. The Morgan fingerprint density at radius 3 is 2.56 bits per heavy atom. The van der Waals surface area contributed by atoms with Crippen LogP contribution in [0.25, 0.3) is 10.6 Å². The molecule has 1 N–H and O–H groups in total. The molecule has 3 aromatic rings. The van der Waals surface area contributed by atoms with Crippen LogP contribution in [0.1, 0.15) is 47.4 Å². The highest BCUT2D eigenvalue weighted by Crippen LogP contribution is 2.41. The van der Waals surface area contributed by atoms with Crippen LogP contribution >= 0.6 is 11.3 Å². The number of thiazole rings is 1. The lowest BCUT2D eigenvalue weighted by molar-refractivity contribution is -0.129. The van der Waals surface area contributed by atoms with Gasteiger partial charge in [0, 0.05) is 12.1 Å². The average molecular weight is 480 g/mol. The highest BCUT2D eigenvalue weighted by Gasteiger charge is 2.45. The van der Waals surface area contributed by atoms with Gasteiger partial charge in [-0.3, -0.25) is 9.59 Å². The fourth-order valence-corrected chi connectivity index (χ4v) is 5.32. The molecule has 0 aliphatic carbocycles. The average Bonchev–Trinajstić information content (AvgIpc) is 3.57. The van der Waals surface area contributed by atoms with Crippen LogP contribution in [0.2, 0.25) is 0 Å². The van der Waals surface area contributed by atoms with Gasteiger partial charge in [0.15, 0.2) is 5.76 Å². The second-order valence-electron chi connectivity index (χ2n) is 8.19. The number of hydrogen-bond acceptors (Lipinski definition) is 7. The molecular formula is C26H29N3O4S. The minimum atomic E-state index is -0.770. The van der Waals surface area contributed by atoms with Crippen molar-refractivity contribution in [3.8, 4) is 10.6 Å². The number of aliphatic hydroxyl groups is 1. The standard InChI is InChI=1S/C26H29N3O4S/c1-4-28(5-2)14-10-15-29-21(19-13-9-16-33-19)20(23(31)26(29)32)22(30)24-17(3)27-25(34-24)18-11-7-6-8-12-18/h6-9,11-13,16,21,31H,4-5,10,14-15H2,1-3H3. The van der Waals surface area contributed by atoms with Gasteiger partial charge in [0.05, 0.1) is 22.4 Å². The van der Waals surface area contributed by atoms with E-state index in [1.807, 2.05) is 30.3 Å². The summed E-state index contributed by atoms with van der Waals surface area (Å²) >= 11 is 1.27. The van der Waals surface area contributed by atoms with E-state index in [1.165, 1.54) is 17.6 Å². The van der Waals surface area contributed by atoms with Crippen molar-refractivity contribution < 1.29 is 19.1 Å². The molecule has 4 rings (SSSR count). The molecule has 34 heavy (non-hydrogen) atoms. The van der Waals surface area contributed by atoms with Crippen molar-refractivity contribution in [3.05, 3.63) is 76.4 Å². The maximum Gasteiger partial charge on any atom is 0.290 e. The molecule has 0 radical (unpaired) electrons. The number of nitrogens with zero attached hydrogens (tertiary/aromatic N) is 3. The molecule has 1 unspecified atom stereocenters. The number of benzene rings is 1. The first-order valence-electron chi connectivity index (χ1n) is 11.5. The normalized spacial score (nSPS) is 16.2. The molecule has 7 nitrogen and oxygen atoms in total. The Morgan fingerprint density at radius 2 is 1.91 bits per heavy atom. The molecule has 8 heteroatoms. The minimum Gasteiger partial charge on any atom is -0.503 e. The Kier molecular flexibility index (Phi) is 7.29. The lowest BCUT2D eigenvalue weighted by Crippen LogP contribution is -2.34. The number of carbonyl (C=O) groups is 2. The predicted molar refractivity (Wildman–Crippen MR) is 132 cm³/mol. The molecule has 1 atom stereocenters. The van der Waals surface area contributed by atoms with Crippen LogP contribution in [0.15, 0.2) is 64.5 Å². The van der Waals surface area contributed by atoms with Gasteiger partial charge in [-0.25, -0.2) is 4.98 Å². The number of Topliss-reactive ketones (excluding diaryl/α,β-unsaturated/α-hetero) is 1. The first kappa shape index (κ1) is 23.9. The molecule has 0 saturated carbocycles. The number of aliphatic hydroxyl groups excluding tert-OH is 1. The van der Waals surface area contributed by atoms with E-state index >= 15 is 0 Å². The third-order valence-electron chi connectivity index (χ3n) is 6.15. The van der Waals surface area contributed by atoms with Crippen molar-refractivity contribution in [3.63, 3.8) is 0 Å². The fraction of sp³-hybridized carbons (Fsp3) is 0.346. The van der Waals surface area contributed by atoms with E-state index in [2.05, 4.69) is 23.7 Å². The van der Waals surface area contributed by atoms with Crippen LogP contribution in [0.4, 0.5) is 0 Å². The van der Waals surface area contributed by atoms with Gasteiger partial charge in [-0.2, -0.15) is 0 Å².